The third-order valence-corrected chi connectivity index (χ3v) is 4.63. The van der Waals surface area contributed by atoms with E-state index in [1.807, 2.05) is 29.6 Å². The molecule has 3 aromatic rings. The number of methoxy groups -OCH3 is 1. The number of halogens is 1. The molecule has 0 amide bonds. The quantitative estimate of drug-likeness (QED) is 0.645. The number of ether oxygens (including phenoxy) is 2. The first-order valence-electron chi connectivity index (χ1n) is 7.15. The van der Waals surface area contributed by atoms with Crippen LogP contribution in [-0.2, 0) is 20.2 Å². The van der Waals surface area contributed by atoms with Crippen molar-refractivity contribution in [3.63, 3.8) is 0 Å². The standard InChI is InChI=1S/C15H16BrN5O2S/c1-21-19-15(18-20-21)17-8-10-6-12(16)14(13(7-10)22-2)23-9-11-4-3-5-24-11/h3-7H,8-9H2,1-2H3,(H,17,19). The summed E-state index contributed by atoms with van der Waals surface area (Å²) in [5.74, 6) is 1.84. The van der Waals surface area contributed by atoms with Crippen molar-refractivity contribution in [2.24, 2.45) is 7.05 Å². The second-order valence-corrected chi connectivity index (χ2v) is 6.82. The maximum atomic E-state index is 5.90. The molecule has 0 radical (unpaired) electrons. The summed E-state index contributed by atoms with van der Waals surface area (Å²) in [6.07, 6.45) is 0. The zero-order chi connectivity index (χ0) is 16.9. The highest BCUT2D eigenvalue weighted by Gasteiger charge is 2.13. The molecule has 0 saturated heterocycles. The predicted octanol–water partition coefficient (Wildman–Crippen LogP) is 3.23. The fourth-order valence-corrected chi connectivity index (χ4v) is 3.31. The Hall–Kier alpha value is -2.13. The molecule has 24 heavy (non-hydrogen) atoms. The van der Waals surface area contributed by atoms with Crippen molar-refractivity contribution in [3.8, 4) is 11.5 Å². The Labute approximate surface area is 151 Å². The molecule has 0 aliphatic rings. The van der Waals surface area contributed by atoms with Crippen LogP contribution in [0.25, 0.3) is 0 Å². The zero-order valence-electron chi connectivity index (χ0n) is 13.2. The third kappa shape index (κ3) is 4.04. The molecule has 126 valence electrons. The van der Waals surface area contributed by atoms with Crippen molar-refractivity contribution in [2.45, 2.75) is 13.2 Å². The van der Waals surface area contributed by atoms with Gasteiger partial charge in [-0.05, 0) is 50.3 Å². The monoisotopic (exact) mass is 409 g/mol. The van der Waals surface area contributed by atoms with E-state index in [9.17, 15) is 0 Å². The van der Waals surface area contributed by atoms with Crippen LogP contribution in [0.15, 0.2) is 34.1 Å². The molecule has 7 nitrogen and oxygen atoms in total. The lowest BCUT2D eigenvalue weighted by molar-refractivity contribution is 0.285. The van der Waals surface area contributed by atoms with Gasteiger partial charge < -0.3 is 14.8 Å². The van der Waals surface area contributed by atoms with Gasteiger partial charge in [0.15, 0.2) is 11.5 Å². The number of nitrogens with zero attached hydrogens (tertiary/aromatic N) is 4. The molecule has 3 rings (SSSR count). The van der Waals surface area contributed by atoms with Gasteiger partial charge in [-0.15, -0.1) is 16.4 Å². The van der Waals surface area contributed by atoms with Gasteiger partial charge in [-0.3, -0.25) is 0 Å². The molecular weight excluding hydrogens is 394 g/mol. The Balaban J connectivity index is 1.71. The predicted molar refractivity (Wildman–Crippen MR) is 95.5 cm³/mol. The summed E-state index contributed by atoms with van der Waals surface area (Å²) in [5.41, 5.74) is 1.01. The Kier molecular flexibility index (Phi) is 5.31. The lowest BCUT2D eigenvalue weighted by Crippen LogP contribution is -2.03. The van der Waals surface area contributed by atoms with Crippen molar-refractivity contribution in [1.29, 1.82) is 0 Å². The zero-order valence-corrected chi connectivity index (χ0v) is 15.6. The number of aryl methyl sites for hydroxylation is 1. The average molecular weight is 410 g/mol. The molecule has 9 heteroatoms. The third-order valence-electron chi connectivity index (χ3n) is 3.19. The highest BCUT2D eigenvalue weighted by molar-refractivity contribution is 9.10. The number of nitrogens with one attached hydrogen (secondary N) is 1. The topological polar surface area (TPSA) is 74.1 Å². The van der Waals surface area contributed by atoms with Crippen LogP contribution in [-0.4, -0.2) is 27.3 Å². The SMILES string of the molecule is COc1cc(CNc2nnn(C)n2)cc(Br)c1OCc1cccs1. The van der Waals surface area contributed by atoms with Gasteiger partial charge in [0.05, 0.1) is 18.6 Å². The van der Waals surface area contributed by atoms with Crippen LogP contribution in [0.4, 0.5) is 5.95 Å². The number of benzene rings is 1. The molecule has 1 N–H and O–H groups in total. The van der Waals surface area contributed by atoms with E-state index in [0.717, 1.165) is 14.9 Å². The normalized spacial score (nSPS) is 10.6. The highest BCUT2D eigenvalue weighted by Crippen LogP contribution is 2.37. The van der Waals surface area contributed by atoms with Gasteiger partial charge in [-0.1, -0.05) is 11.2 Å². The molecule has 0 unspecified atom stereocenters. The summed E-state index contributed by atoms with van der Waals surface area (Å²) in [5, 5.41) is 16.9. The van der Waals surface area contributed by atoms with Gasteiger partial charge >= 0.3 is 0 Å². The van der Waals surface area contributed by atoms with Crippen LogP contribution in [0.1, 0.15) is 10.4 Å². The van der Waals surface area contributed by atoms with Crippen LogP contribution in [0.5, 0.6) is 11.5 Å². The molecule has 0 fully saturated rings. The fraction of sp³-hybridized carbons (Fsp3) is 0.267. The molecule has 0 saturated carbocycles. The van der Waals surface area contributed by atoms with E-state index in [1.165, 1.54) is 4.80 Å². The molecule has 0 atom stereocenters. The van der Waals surface area contributed by atoms with Crippen LogP contribution < -0.4 is 14.8 Å². The smallest absolute Gasteiger partial charge is 0.263 e. The Morgan fingerprint density at radius 2 is 2.25 bits per heavy atom. The number of hydrogen-bond acceptors (Lipinski definition) is 7. The van der Waals surface area contributed by atoms with E-state index in [4.69, 9.17) is 9.47 Å². The summed E-state index contributed by atoms with van der Waals surface area (Å²) in [6.45, 7) is 1.06. The first-order valence-corrected chi connectivity index (χ1v) is 8.82. The molecule has 0 aliphatic carbocycles. The summed E-state index contributed by atoms with van der Waals surface area (Å²) in [6, 6.07) is 7.95. The maximum absolute atomic E-state index is 5.90. The summed E-state index contributed by atoms with van der Waals surface area (Å²) < 4.78 is 12.2. The molecule has 2 aromatic heterocycles. The number of rotatable bonds is 7. The van der Waals surface area contributed by atoms with E-state index in [2.05, 4.69) is 36.7 Å². The van der Waals surface area contributed by atoms with E-state index < -0.39 is 0 Å². The number of aromatic nitrogens is 4. The van der Waals surface area contributed by atoms with Crippen LogP contribution in [0, 0.1) is 0 Å². The molecule has 0 bridgehead atoms. The number of anilines is 1. The highest BCUT2D eigenvalue weighted by atomic mass is 79.9. The molecule has 1 aromatic carbocycles. The van der Waals surface area contributed by atoms with Crippen molar-refractivity contribution < 1.29 is 9.47 Å². The van der Waals surface area contributed by atoms with Crippen molar-refractivity contribution in [2.75, 3.05) is 12.4 Å². The molecule has 0 spiro atoms. The average Bonchev–Trinajstić information content (AvgIpc) is 3.23. The lowest BCUT2D eigenvalue weighted by atomic mass is 10.2. The lowest BCUT2D eigenvalue weighted by Gasteiger charge is -2.14. The van der Waals surface area contributed by atoms with E-state index >= 15 is 0 Å². The van der Waals surface area contributed by atoms with Crippen molar-refractivity contribution >= 4 is 33.2 Å². The summed E-state index contributed by atoms with van der Waals surface area (Å²) in [7, 11) is 3.35. The van der Waals surface area contributed by atoms with Crippen LogP contribution >= 0.6 is 27.3 Å². The minimum absolute atomic E-state index is 0.477. The van der Waals surface area contributed by atoms with E-state index in [0.29, 0.717) is 30.6 Å². The fourth-order valence-electron chi connectivity index (χ4n) is 2.09. The Bertz CT molecular complexity index is 806. The minimum Gasteiger partial charge on any atom is -0.493 e. The number of thiophene rings is 1. The van der Waals surface area contributed by atoms with Crippen molar-refractivity contribution in [3.05, 3.63) is 44.6 Å². The van der Waals surface area contributed by atoms with Crippen LogP contribution in [0.2, 0.25) is 0 Å². The van der Waals surface area contributed by atoms with Gasteiger partial charge in [0.2, 0.25) is 0 Å². The largest absolute Gasteiger partial charge is 0.493 e. The van der Waals surface area contributed by atoms with Gasteiger partial charge in [0.25, 0.3) is 5.95 Å². The Morgan fingerprint density at radius 3 is 2.92 bits per heavy atom. The molecular formula is C15H16BrN5O2S. The first kappa shape index (κ1) is 16.7. The molecule has 2 heterocycles. The van der Waals surface area contributed by atoms with E-state index in [-0.39, 0.29) is 0 Å². The second kappa shape index (κ2) is 7.63. The van der Waals surface area contributed by atoms with Crippen molar-refractivity contribution in [1.82, 2.24) is 20.2 Å². The Morgan fingerprint density at radius 1 is 1.38 bits per heavy atom. The second-order valence-electron chi connectivity index (χ2n) is 4.93. The first-order chi connectivity index (χ1) is 11.7. The minimum atomic E-state index is 0.477. The van der Waals surface area contributed by atoms with Gasteiger partial charge in [0.1, 0.15) is 6.61 Å². The summed E-state index contributed by atoms with van der Waals surface area (Å²) >= 11 is 5.22. The van der Waals surface area contributed by atoms with E-state index in [1.54, 1.807) is 25.5 Å². The molecule has 0 aliphatic heterocycles. The maximum Gasteiger partial charge on any atom is 0.263 e. The van der Waals surface area contributed by atoms with Gasteiger partial charge in [-0.25, -0.2) is 0 Å². The number of hydrogen-bond donors (Lipinski definition) is 1. The van der Waals surface area contributed by atoms with Crippen LogP contribution in [0.3, 0.4) is 0 Å². The number of tetrazole rings is 1. The van der Waals surface area contributed by atoms with Gasteiger partial charge in [-0.2, -0.15) is 4.80 Å². The summed E-state index contributed by atoms with van der Waals surface area (Å²) in [4.78, 5) is 2.56. The van der Waals surface area contributed by atoms with Gasteiger partial charge in [0, 0.05) is 11.4 Å².